The molecule has 4 heteroatoms. The van der Waals surface area contributed by atoms with E-state index in [0.717, 1.165) is 0 Å². The largest absolute Gasteiger partial charge is 0.462 e. The van der Waals surface area contributed by atoms with Crippen LogP contribution in [-0.2, 0) is 14.3 Å². The van der Waals surface area contributed by atoms with Crippen molar-refractivity contribution < 1.29 is 14.3 Å². The van der Waals surface area contributed by atoms with Gasteiger partial charge in [-0.3, -0.25) is 4.79 Å². The zero-order valence-corrected chi connectivity index (χ0v) is 9.53. The first kappa shape index (κ1) is 12.5. The molecule has 1 aromatic rings. The number of benzene rings is 1. The summed E-state index contributed by atoms with van der Waals surface area (Å²) in [5, 5.41) is 0.106. The van der Waals surface area contributed by atoms with E-state index in [1.165, 1.54) is 0 Å². The van der Waals surface area contributed by atoms with Crippen LogP contribution < -0.4 is 0 Å². The molecule has 0 saturated heterocycles. The van der Waals surface area contributed by atoms with Crippen LogP contribution >= 0.6 is 11.6 Å². The molecule has 0 aliphatic carbocycles. The summed E-state index contributed by atoms with van der Waals surface area (Å²) < 4.78 is 4.73. The minimum Gasteiger partial charge on any atom is -0.462 e. The van der Waals surface area contributed by atoms with Gasteiger partial charge < -0.3 is 4.74 Å². The van der Waals surface area contributed by atoms with Crippen molar-refractivity contribution in [2.24, 2.45) is 0 Å². The van der Waals surface area contributed by atoms with Gasteiger partial charge in [0.15, 0.2) is 6.29 Å². The van der Waals surface area contributed by atoms with Gasteiger partial charge in [0, 0.05) is 0 Å². The highest BCUT2D eigenvalue weighted by molar-refractivity contribution is 6.52. The Bertz CT molecular complexity index is 410. The van der Waals surface area contributed by atoms with E-state index < -0.39 is 5.97 Å². The van der Waals surface area contributed by atoms with E-state index >= 15 is 0 Å². The van der Waals surface area contributed by atoms with E-state index in [-0.39, 0.29) is 17.2 Å². The van der Waals surface area contributed by atoms with Crippen LogP contribution in [0.1, 0.15) is 12.5 Å². The summed E-state index contributed by atoms with van der Waals surface area (Å²) in [7, 11) is 0. The Morgan fingerprint density at radius 3 is 2.50 bits per heavy atom. The van der Waals surface area contributed by atoms with Crippen molar-refractivity contribution in [3.8, 4) is 0 Å². The molecule has 0 spiro atoms. The fourth-order valence-corrected chi connectivity index (χ4v) is 1.39. The van der Waals surface area contributed by atoms with Crippen molar-refractivity contribution >= 4 is 28.9 Å². The van der Waals surface area contributed by atoms with Crippen LogP contribution in [0.25, 0.3) is 5.03 Å². The van der Waals surface area contributed by atoms with E-state index in [9.17, 15) is 9.59 Å². The number of ether oxygens (including phenoxy) is 1. The van der Waals surface area contributed by atoms with Crippen LogP contribution in [-0.4, -0.2) is 18.9 Å². The number of aldehydes is 1. The van der Waals surface area contributed by atoms with E-state index in [0.29, 0.717) is 11.8 Å². The average molecular weight is 239 g/mol. The van der Waals surface area contributed by atoms with Gasteiger partial charge in [-0.15, -0.1) is 0 Å². The number of carbonyl (C=O) groups excluding carboxylic acids is 2. The molecule has 0 amide bonds. The molecular formula is C12H11ClO3. The molecule has 1 rings (SSSR count). The van der Waals surface area contributed by atoms with Crippen molar-refractivity contribution in [3.63, 3.8) is 0 Å². The molecule has 0 atom stereocenters. The molecule has 0 radical (unpaired) electrons. The zero-order valence-electron chi connectivity index (χ0n) is 8.77. The molecule has 0 aliphatic rings. The van der Waals surface area contributed by atoms with Crippen LogP contribution in [0.5, 0.6) is 0 Å². The third-order valence-electron chi connectivity index (χ3n) is 1.88. The Labute approximate surface area is 98.7 Å². The lowest BCUT2D eigenvalue weighted by Gasteiger charge is -2.04. The van der Waals surface area contributed by atoms with Crippen molar-refractivity contribution in [2.45, 2.75) is 6.92 Å². The Kier molecular flexibility index (Phi) is 4.73. The second-order valence-electron chi connectivity index (χ2n) is 2.93. The highest BCUT2D eigenvalue weighted by Gasteiger charge is 2.15. The van der Waals surface area contributed by atoms with E-state index in [1.54, 1.807) is 31.2 Å². The number of carbonyl (C=O) groups is 2. The molecule has 16 heavy (non-hydrogen) atoms. The standard InChI is InChI=1S/C12H11ClO3/c1-2-16-12(15)10(8-14)11(13)9-6-4-3-5-7-9/h3-8H,2H2,1H3. The summed E-state index contributed by atoms with van der Waals surface area (Å²) in [6.07, 6.45) is 0.410. The molecular weight excluding hydrogens is 228 g/mol. The highest BCUT2D eigenvalue weighted by atomic mass is 35.5. The summed E-state index contributed by atoms with van der Waals surface area (Å²) in [6.45, 7) is 1.87. The molecule has 0 N–H and O–H groups in total. The lowest BCUT2D eigenvalue weighted by molar-refractivity contribution is -0.139. The highest BCUT2D eigenvalue weighted by Crippen LogP contribution is 2.22. The number of halogens is 1. The maximum atomic E-state index is 11.4. The fourth-order valence-electron chi connectivity index (χ4n) is 1.14. The second-order valence-corrected chi connectivity index (χ2v) is 3.31. The third kappa shape index (κ3) is 2.94. The number of hydrogen-bond acceptors (Lipinski definition) is 3. The molecule has 0 heterocycles. The van der Waals surface area contributed by atoms with Crippen LogP contribution in [0.4, 0.5) is 0 Å². The normalized spacial score (nSPS) is 11.6. The fraction of sp³-hybridized carbons (Fsp3) is 0.167. The average Bonchev–Trinajstić information content (AvgIpc) is 2.31. The van der Waals surface area contributed by atoms with Crippen LogP contribution in [0.2, 0.25) is 0 Å². The summed E-state index contributed by atoms with van der Waals surface area (Å²) in [5.41, 5.74) is 0.453. The van der Waals surface area contributed by atoms with Gasteiger partial charge in [0.2, 0.25) is 0 Å². The smallest absolute Gasteiger partial charge is 0.343 e. The topological polar surface area (TPSA) is 43.4 Å². The summed E-state index contributed by atoms with van der Waals surface area (Å²) in [4.78, 5) is 22.2. The molecule has 0 aliphatic heterocycles. The first-order valence-electron chi connectivity index (χ1n) is 4.78. The monoisotopic (exact) mass is 238 g/mol. The van der Waals surface area contributed by atoms with Crippen molar-refractivity contribution in [3.05, 3.63) is 41.5 Å². The first-order valence-corrected chi connectivity index (χ1v) is 5.16. The number of esters is 1. The van der Waals surface area contributed by atoms with E-state index in [2.05, 4.69) is 0 Å². The van der Waals surface area contributed by atoms with Gasteiger partial charge in [-0.2, -0.15) is 0 Å². The molecule has 0 saturated carbocycles. The molecule has 1 aromatic carbocycles. The molecule has 0 fully saturated rings. The van der Waals surface area contributed by atoms with Gasteiger partial charge in [0.05, 0.1) is 11.6 Å². The third-order valence-corrected chi connectivity index (χ3v) is 2.30. The lowest BCUT2D eigenvalue weighted by Crippen LogP contribution is -2.09. The Balaban J connectivity index is 3.09. The van der Waals surface area contributed by atoms with Crippen LogP contribution in [0, 0.1) is 0 Å². The van der Waals surface area contributed by atoms with Gasteiger partial charge in [-0.05, 0) is 12.5 Å². The first-order chi connectivity index (χ1) is 7.70. The van der Waals surface area contributed by atoms with Crippen molar-refractivity contribution in [2.75, 3.05) is 6.61 Å². The second kappa shape index (κ2) is 6.08. The number of hydrogen-bond donors (Lipinski definition) is 0. The Morgan fingerprint density at radius 1 is 1.38 bits per heavy atom. The molecule has 0 bridgehead atoms. The Hall–Kier alpha value is -1.61. The van der Waals surface area contributed by atoms with Crippen LogP contribution in [0.15, 0.2) is 35.9 Å². The van der Waals surface area contributed by atoms with Gasteiger partial charge in [0.25, 0.3) is 0 Å². The number of rotatable bonds is 4. The summed E-state index contributed by atoms with van der Waals surface area (Å²) in [5.74, 6) is -0.702. The van der Waals surface area contributed by atoms with Gasteiger partial charge in [-0.25, -0.2) is 4.79 Å². The van der Waals surface area contributed by atoms with Gasteiger partial charge >= 0.3 is 5.97 Å². The van der Waals surface area contributed by atoms with Gasteiger partial charge in [-0.1, -0.05) is 41.9 Å². The minimum absolute atomic E-state index is 0.106. The predicted molar refractivity (Wildman–Crippen MR) is 61.9 cm³/mol. The maximum Gasteiger partial charge on any atom is 0.343 e. The lowest BCUT2D eigenvalue weighted by atomic mass is 10.1. The van der Waals surface area contributed by atoms with Crippen molar-refractivity contribution in [1.82, 2.24) is 0 Å². The molecule has 0 aromatic heterocycles. The molecule has 3 nitrogen and oxygen atoms in total. The minimum atomic E-state index is -0.702. The van der Waals surface area contributed by atoms with E-state index in [1.807, 2.05) is 6.07 Å². The summed E-state index contributed by atoms with van der Waals surface area (Å²) in [6, 6.07) is 8.78. The maximum absolute atomic E-state index is 11.4. The Morgan fingerprint density at radius 2 is 2.00 bits per heavy atom. The SMILES string of the molecule is CCOC(=O)C(C=O)=C(Cl)c1ccccc1. The van der Waals surface area contributed by atoms with Crippen LogP contribution in [0.3, 0.4) is 0 Å². The zero-order chi connectivity index (χ0) is 12.0. The van der Waals surface area contributed by atoms with Crippen molar-refractivity contribution in [1.29, 1.82) is 0 Å². The quantitative estimate of drug-likeness (QED) is 0.266. The molecule has 84 valence electrons. The van der Waals surface area contributed by atoms with Gasteiger partial charge in [0.1, 0.15) is 5.57 Å². The predicted octanol–water partition coefficient (Wildman–Crippen LogP) is 2.40. The molecule has 0 unspecified atom stereocenters. The van der Waals surface area contributed by atoms with E-state index in [4.69, 9.17) is 16.3 Å². The summed E-state index contributed by atoms with van der Waals surface area (Å²) >= 11 is 5.95.